The molecule has 0 amide bonds. The molecule has 3 aromatic rings. The van der Waals surface area contributed by atoms with Gasteiger partial charge in [-0.2, -0.15) is 0 Å². The normalized spacial score (nSPS) is 15.0. The third kappa shape index (κ3) is 6.31. The van der Waals surface area contributed by atoms with E-state index in [-0.39, 0.29) is 5.75 Å². The van der Waals surface area contributed by atoms with Crippen LogP contribution in [-0.2, 0) is 0 Å². The number of nitrogens with one attached hydrogen (secondary N) is 1. The number of fused-ring (bicyclic) bond motifs is 1. The first kappa shape index (κ1) is 25.6. The molecule has 3 heterocycles. The van der Waals surface area contributed by atoms with Gasteiger partial charge in [-0.15, -0.1) is 18.3 Å². The van der Waals surface area contributed by atoms with Crippen molar-refractivity contribution in [2.45, 2.75) is 40.0 Å². The number of methoxy groups -OCH3 is 1. The van der Waals surface area contributed by atoms with E-state index in [9.17, 15) is 13.2 Å². The van der Waals surface area contributed by atoms with Crippen LogP contribution in [0.15, 0.2) is 36.5 Å². The molecular weight excluding hydrogens is 447 g/mol. The van der Waals surface area contributed by atoms with Crippen molar-refractivity contribution < 1.29 is 22.6 Å². The van der Waals surface area contributed by atoms with Crippen LogP contribution in [0.25, 0.3) is 16.9 Å². The van der Waals surface area contributed by atoms with Gasteiger partial charge < -0.3 is 19.7 Å². The van der Waals surface area contributed by atoms with E-state index in [4.69, 9.17) is 4.74 Å². The van der Waals surface area contributed by atoms with E-state index in [1.165, 1.54) is 25.3 Å². The molecule has 34 heavy (non-hydrogen) atoms. The van der Waals surface area contributed by atoms with Crippen molar-refractivity contribution in [3.05, 3.63) is 36.5 Å². The Balaban J connectivity index is 0.00000158. The number of imidazole rings is 1. The fourth-order valence-electron chi connectivity index (χ4n) is 3.99. The Labute approximate surface area is 197 Å². The lowest BCUT2D eigenvalue weighted by atomic mass is 9.97. The molecule has 1 aliphatic rings. The molecule has 2 aromatic heterocycles. The van der Waals surface area contributed by atoms with Crippen LogP contribution >= 0.6 is 0 Å². The molecule has 1 saturated heterocycles. The third-order valence-corrected chi connectivity index (χ3v) is 5.77. The second-order valence-corrected chi connectivity index (χ2v) is 7.80. The number of anilines is 1. The van der Waals surface area contributed by atoms with Crippen LogP contribution in [0.4, 0.5) is 19.0 Å². The fourth-order valence-corrected chi connectivity index (χ4v) is 3.99. The van der Waals surface area contributed by atoms with Crippen molar-refractivity contribution in [2.75, 3.05) is 38.6 Å². The Morgan fingerprint density at radius 1 is 1.12 bits per heavy atom. The predicted molar refractivity (Wildman–Crippen MR) is 126 cm³/mol. The van der Waals surface area contributed by atoms with Crippen molar-refractivity contribution in [1.82, 2.24) is 19.5 Å². The number of aromatic nitrogens is 3. The maximum absolute atomic E-state index is 12.7. The number of piperidine rings is 1. The molecule has 1 N–H and O–H groups in total. The van der Waals surface area contributed by atoms with Crippen molar-refractivity contribution in [2.24, 2.45) is 5.92 Å². The first-order valence-corrected chi connectivity index (χ1v) is 11.6. The maximum atomic E-state index is 12.7. The van der Waals surface area contributed by atoms with Crippen LogP contribution in [0, 0.1) is 5.92 Å². The number of hydrogen-bond acceptors (Lipinski definition) is 6. The highest BCUT2D eigenvalue weighted by atomic mass is 19.4. The zero-order valence-corrected chi connectivity index (χ0v) is 20.0. The first-order valence-electron chi connectivity index (χ1n) is 11.6. The Morgan fingerprint density at radius 2 is 1.85 bits per heavy atom. The lowest BCUT2D eigenvalue weighted by molar-refractivity contribution is -0.274. The Morgan fingerprint density at radius 3 is 2.50 bits per heavy atom. The number of nitrogens with zero attached hydrogens (tertiary/aromatic N) is 4. The lowest BCUT2D eigenvalue weighted by Gasteiger charge is -2.31. The minimum atomic E-state index is -4.78. The van der Waals surface area contributed by atoms with Crippen LogP contribution in [0.3, 0.4) is 0 Å². The second kappa shape index (κ2) is 11.4. The number of benzene rings is 1. The molecule has 0 saturated carbocycles. The van der Waals surface area contributed by atoms with Crippen LogP contribution < -0.4 is 14.8 Å². The van der Waals surface area contributed by atoms with Gasteiger partial charge in [0.15, 0.2) is 5.65 Å². The summed E-state index contributed by atoms with van der Waals surface area (Å²) < 4.78 is 49.1. The summed E-state index contributed by atoms with van der Waals surface area (Å²) in [6.07, 6.45) is -0.943. The molecule has 1 aromatic carbocycles. The molecule has 0 bridgehead atoms. The molecule has 1 aliphatic heterocycles. The number of hydrogen-bond donors (Lipinski definition) is 1. The predicted octanol–water partition coefficient (Wildman–Crippen LogP) is 5.47. The summed E-state index contributed by atoms with van der Waals surface area (Å²) in [5.41, 5.74) is 1.48. The third-order valence-electron chi connectivity index (χ3n) is 5.77. The lowest BCUT2D eigenvalue weighted by Crippen LogP contribution is -2.35. The van der Waals surface area contributed by atoms with E-state index in [0.717, 1.165) is 39.0 Å². The molecule has 0 unspecified atom stereocenters. The van der Waals surface area contributed by atoms with Crippen LogP contribution in [0.1, 0.15) is 33.6 Å². The van der Waals surface area contributed by atoms with Gasteiger partial charge in [0.25, 0.3) is 0 Å². The summed E-state index contributed by atoms with van der Waals surface area (Å²) in [6.45, 7) is 10.3. The van der Waals surface area contributed by atoms with Gasteiger partial charge in [-0.3, -0.25) is 0 Å². The molecule has 4 rings (SSSR count). The fraction of sp³-hybridized carbons (Fsp3) is 0.500. The van der Waals surface area contributed by atoms with Gasteiger partial charge in [-0.05, 0) is 68.7 Å². The summed E-state index contributed by atoms with van der Waals surface area (Å²) in [5, 5.41) is 8.02. The zero-order chi connectivity index (χ0) is 24.7. The maximum Gasteiger partial charge on any atom is 0.573 e. The first-order chi connectivity index (χ1) is 16.4. The van der Waals surface area contributed by atoms with Gasteiger partial charge in [0.05, 0.1) is 19.0 Å². The summed E-state index contributed by atoms with van der Waals surface area (Å²) in [4.78, 5) is 6.78. The molecule has 0 atom stereocenters. The Bertz CT molecular complexity index is 1060. The quantitative estimate of drug-likeness (QED) is 0.485. The summed E-state index contributed by atoms with van der Waals surface area (Å²) in [5.74, 6) is 1.31. The molecule has 1 fully saturated rings. The van der Waals surface area contributed by atoms with Crippen molar-refractivity contribution in [3.8, 4) is 22.8 Å². The van der Waals surface area contributed by atoms with Gasteiger partial charge in [-0.25, -0.2) is 9.50 Å². The smallest absolute Gasteiger partial charge is 0.496 e. The summed E-state index contributed by atoms with van der Waals surface area (Å²) in [7, 11) is 1.45. The van der Waals surface area contributed by atoms with Crippen LogP contribution in [0.2, 0.25) is 0 Å². The number of rotatable bonds is 7. The molecule has 0 aliphatic carbocycles. The van der Waals surface area contributed by atoms with E-state index in [1.54, 1.807) is 10.7 Å². The van der Waals surface area contributed by atoms with E-state index in [1.807, 2.05) is 26.0 Å². The molecular formula is C24H32F3N5O2. The number of likely N-dealkylation sites (tertiary alicyclic amines) is 1. The van der Waals surface area contributed by atoms with Crippen LogP contribution in [0.5, 0.6) is 11.5 Å². The standard InChI is InChI=1S/C22H26F3N5O2.C2H6/c1-3-29-10-8-15(9-11-29)13-26-20-6-7-21-27-14-18(30(21)28-20)17-12-16(32-22(23,24)25)4-5-19(17)31-2;1-2/h4-7,12,14-15H,3,8-11,13H2,1-2H3,(H,26,28);1-2H3. The van der Waals surface area contributed by atoms with E-state index in [0.29, 0.717) is 34.4 Å². The minimum Gasteiger partial charge on any atom is -0.496 e. The molecule has 10 heteroatoms. The molecule has 186 valence electrons. The summed E-state index contributed by atoms with van der Waals surface area (Å²) >= 11 is 0. The van der Waals surface area contributed by atoms with E-state index < -0.39 is 6.36 Å². The van der Waals surface area contributed by atoms with Crippen molar-refractivity contribution in [3.63, 3.8) is 0 Å². The zero-order valence-electron chi connectivity index (χ0n) is 20.0. The van der Waals surface area contributed by atoms with E-state index in [2.05, 4.69) is 32.0 Å². The van der Waals surface area contributed by atoms with Gasteiger partial charge in [0.2, 0.25) is 0 Å². The van der Waals surface area contributed by atoms with Crippen LogP contribution in [-0.4, -0.2) is 59.1 Å². The van der Waals surface area contributed by atoms with Gasteiger partial charge in [0, 0.05) is 12.1 Å². The monoisotopic (exact) mass is 479 g/mol. The second-order valence-electron chi connectivity index (χ2n) is 7.80. The molecule has 7 nitrogen and oxygen atoms in total. The number of alkyl halides is 3. The van der Waals surface area contributed by atoms with Crippen molar-refractivity contribution in [1.29, 1.82) is 0 Å². The van der Waals surface area contributed by atoms with Gasteiger partial charge >= 0.3 is 6.36 Å². The van der Waals surface area contributed by atoms with Gasteiger partial charge in [-0.1, -0.05) is 20.8 Å². The van der Waals surface area contributed by atoms with E-state index >= 15 is 0 Å². The highest BCUT2D eigenvalue weighted by Crippen LogP contribution is 2.35. The average Bonchev–Trinajstić information content (AvgIpc) is 3.26. The number of ether oxygens (including phenoxy) is 2. The summed E-state index contributed by atoms with van der Waals surface area (Å²) in [6, 6.07) is 7.59. The number of halogens is 3. The Hall–Kier alpha value is -3.01. The topological polar surface area (TPSA) is 63.9 Å². The van der Waals surface area contributed by atoms with Gasteiger partial charge in [0.1, 0.15) is 17.3 Å². The Kier molecular flexibility index (Phi) is 8.60. The molecule has 0 spiro atoms. The largest absolute Gasteiger partial charge is 0.573 e. The van der Waals surface area contributed by atoms with Crippen molar-refractivity contribution >= 4 is 11.5 Å². The highest BCUT2D eigenvalue weighted by molar-refractivity contribution is 5.71. The minimum absolute atomic E-state index is 0.337. The highest BCUT2D eigenvalue weighted by Gasteiger charge is 2.31. The molecule has 0 radical (unpaired) electrons. The SMILES string of the molecule is CC.CCN1CCC(CNc2ccc3ncc(-c4cc(OC(F)(F)F)ccc4OC)n3n2)CC1. The average molecular weight is 480 g/mol.